The highest BCUT2D eigenvalue weighted by Gasteiger charge is 2.23. The summed E-state index contributed by atoms with van der Waals surface area (Å²) in [6.07, 6.45) is 3.91. The normalized spacial score (nSPS) is 23.9. The van der Waals surface area contributed by atoms with Gasteiger partial charge in [0.25, 0.3) is 0 Å². The van der Waals surface area contributed by atoms with E-state index in [9.17, 15) is 0 Å². The first-order chi connectivity index (χ1) is 9.06. The van der Waals surface area contributed by atoms with Crippen LogP contribution in [0.4, 0.5) is 5.69 Å². The summed E-state index contributed by atoms with van der Waals surface area (Å²) < 4.78 is 0. The number of pyridine rings is 1. The van der Waals surface area contributed by atoms with Crippen molar-refractivity contribution in [1.82, 2.24) is 10.3 Å². The number of nitrogens with one attached hydrogen (secondary N) is 1. The van der Waals surface area contributed by atoms with Crippen LogP contribution in [0.1, 0.15) is 33.3 Å². The number of aromatic nitrogens is 1. The fraction of sp³-hybridized carbons (Fsp3) is 0.667. The summed E-state index contributed by atoms with van der Waals surface area (Å²) in [5.41, 5.74) is 2.66. The molecule has 1 aromatic heterocycles. The molecule has 19 heavy (non-hydrogen) atoms. The summed E-state index contributed by atoms with van der Waals surface area (Å²) in [4.78, 5) is 6.80. The van der Waals surface area contributed by atoms with Crippen molar-refractivity contribution in [2.45, 2.75) is 50.8 Å². The molecule has 0 saturated carbocycles. The van der Waals surface area contributed by atoms with Crippen LogP contribution in [-0.2, 0) is 6.54 Å². The quantitative estimate of drug-likeness (QED) is 0.917. The molecule has 3 nitrogen and oxygen atoms in total. The van der Waals surface area contributed by atoms with Crippen LogP contribution in [0.2, 0.25) is 0 Å². The van der Waals surface area contributed by atoms with Gasteiger partial charge in [-0.25, -0.2) is 0 Å². The van der Waals surface area contributed by atoms with Crippen molar-refractivity contribution in [2.24, 2.45) is 0 Å². The number of nitrogens with zero attached hydrogens (tertiary/aromatic N) is 2. The Balaban J connectivity index is 2.14. The van der Waals surface area contributed by atoms with E-state index in [1.54, 1.807) is 0 Å². The second-order valence-electron chi connectivity index (χ2n) is 5.70. The highest BCUT2D eigenvalue weighted by molar-refractivity contribution is 8.00. The van der Waals surface area contributed by atoms with Gasteiger partial charge in [0.1, 0.15) is 0 Å². The highest BCUT2D eigenvalue weighted by Crippen LogP contribution is 2.30. The molecule has 1 aromatic rings. The third kappa shape index (κ3) is 4.11. The van der Waals surface area contributed by atoms with Gasteiger partial charge in [-0.2, -0.15) is 11.8 Å². The van der Waals surface area contributed by atoms with Gasteiger partial charge in [-0.05, 0) is 6.07 Å². The highest BCUT2D eigenvalue weighted by atomic mass is 32.2. The van der Waals surface area contributed by atoms with Crippen LogP contribution in [0.25, 0.3) is 0 Å². The molecule has 2 unspecified atom stereocenters. The fourth-order valence-corrected chi connectivity index (χ4v) is 3.88. The molecule has 0 radical (unpaired) electrons. The molecule has 2 rings (SSSR count). The van der Waals surface area contributed by atoms with E-state index < -0.39 is 0 Å². The largest absolute Gasteiger partial charge is 0.369 e. The van der Waals surface area contributed by atoms with E-state index in [2.05, 4.69) is 60.7 Å². The minimum absolute atomic E-state index is 0.503. The van der Waals surface area contributed by atoms with Crippen molar-refractivity contribution in [3.8, 4) is 0 Å². The molecule has 0 amide bonds. The summed E-state index contributed by atoms with van der Waals surface area (Å²) >= 11 is 2.09. The summed E-state index contributed by atoms with van der Waals surface area (Å²) in [6, 6.07) is 2.66. The van der Waals surface area contributed by atoms with Crippen molar-refractivity contribution in [1.29, 1.82) is 0 Å². The first kappa shape index (κ1) is 14.7. The van der Waals surface area contributed by atoms with Gasteiger partial charge in [-0.3, -0.25) is 4.98 Å². The van der Waals surface area contributed by atoms with Crippen LogP contribution in [0.3, 0.4) is 0 Å². The Bertz CT molecular complexity index is 398. The Kier molecular flexibility index (Phi) is 5.11. The van der Waals surface area contributed by atoms with Gasteiger partial charge in [-0.15, -0.1) is 0 Å². The van der Waals surface area contributed by atoms with Crippen LogP contribution in [0, 0.1) is 0 Å². The lowest BCUT2D eigenvalue weighted by atomic mass is 10.1. The Labute approximate surface area is 121 Å². The minimum atomic E-state index is 0.503. The zero-order valence-corrected chi connectivity index (χ0v) is 13.2. The number of hydrogen-bond donors (Lipinski definition) is 1. The van der Waals surface area contributed by atoms with E-state index >= 15 is 0 Å². The lowest BCUT2D eigenvalue weighted by molar-refractivity contribution is 0.586. The van der Waals surface area contributed by atoms with Crippen LogP contribution in [0.15, 0.2) is 18.5 Å². The maximum Gasteiger partial charge on any atom is 0.0443 e. The van der Waals surface area contributed by atoms with Crippen molar-refractivity contribution >= 4 is 17.4 Å². The third-order valence-electron chi connectivity index (χ3n) is 3.34. The summed E-state index contributed by atoms with van der Waals surface area (Å²) in [6.45, 7) is 12.2. The van der Waals surface area contributed by atoms with Gasteiger partial charge >= 0.3 is 0 Å². The van der Waals surface area contributed by atoms with Crippen LogP contribution in [0.5, 0.6) is 0 Å². The van der Waals surface area contributed by atoms with Crippen molar-refractivity contribution in [3.05, 3.63) is 24.0 Å². The van der Waals surface area contributed by atoms with Gasteiger partial charge in [0.05, 0.1) is 0 Å². The maximum atomic E-state index is 4.28. The predicted molar refractivity (Wildman–Crippen MR) is 84.9 cm³/mol. The lowest BCUT2D eigenvalue weighted by Crippen LogP contribution is -2.41. The van der Waals surface area contributed by atoms with Crippen LogP contribution >= 0.6 is 11.8 Å². The molecular weight excluding hydrogens is 254 g/mol. The molecule has 1 aliphatic rings. The molecule has 4 heteroatoms. The Morgan fingerprint density at radius 2 is 2.05 bits per heavy atom. The zero-order chi connectivity index (χ0) is 13.8. The Morgan fingerprint density at radius 1 is 1.37 bits per heavy atom. The van der Waals surface area contributed by atoms with Crippen LogP contribution < -0.4 is 10.2 Å². The monoisotopic (exact) mass is 279 g/mol. The van der Waals surface area contributed by atoms with Gasteiger partial charge in [0.2, 0.25) is 0 Å². The first-order valence-corrected chi connectivity index (χ1v) is 8.07. The molecular formula is C15H25N3S. The SMILES string of the molecule is CC(C)NCc1cnccc1N1CC(C)SC(C)C1. The van der Waals surface area contributed by atoms with E-state index in [0.717, 1.165) is 19.6 Å². The predicted octanol–water partition coefficient (Wildman–Crippen LogP) is 2.91. The average Bonchev–Trinajstić information content (AvgIpc) is 2.35. The molecule has 0 bridgehead atoms. The van der Waals surface area contributed by atoms with Gasteiger partial charge in [0.15, 0.2) is 0 Å². The summed E-state index contributed by atoms with van der Waals surface area (Å²) in [7, 11) is 0. The Hall–Kier alpha value is -0.740. The number of hydrogen-bond acceptors (Lipinski definition) is 4. The van der Waals surface area contributed by atoms with Gasteiger partial charge < -0.3 is 10.2 Å². The number of anilines is 1. The number of thioether (sulfide) groups is 1. The number of rotatable bonds is 4. The van der Waals surface area contributed by atoms with E-state index in [4.69, 9.17) is 0 Å². The topological polar surface area (TPSA) is 28.2 Å². The fourth-order valence-electron chi connectivity index (χ4n) is 2.55. The standard InChI is InChI=1S/C15H25N3S/c1-11(2)17-8-14-7-16-6-5-15(14)18-9-12(3)19-13(4)10-18/h5-7,11-13,17H,8-10H2,1-4H3. The second kappa shape index (κ2) is 6.62. The smallest absolute Gasteiger partial charge is 0.0443 e. The average molecular weight is 279 g/mol. The van der Waals surface area contributed by atoms with E-state index in [-0.39, 0.29) is 0 Å². The third-order valence-corrected chi connectivity index (χ3v) is 4.57. The molecule has 0 aliphatic carbocycles. The lowest BCUT2D eigenvalue weighted by Gasteiger charge is -2.37. The molecule has 2 atom stereocenters. The molecule has 1 aliphatic heterocycles. The zero-order valence-electron chi connectivity index (χ0n) is 12.4. The summed E-state index contributed by atoms with van der Waals surface area (Å²) in [5.74, 6) is 0. The van der Waals surface area contributed by atoms with Crippen molar-refractivity contribution in [3.63, 3.8) is 0 Å². The van der Waals surface area contributed by atoms with E-state index in [1.165, 1.54) is 11.3 Å². The molecule has 1 N–H and O–H groups in total. The first-order valence-electron chi connectivity index (χ1n) is 7.13. The van der Waals surface area contributed by atoms with Crippen LogP contribution in [-0.4, -0.2) is 34.6 Å². The molecule has 2 heterocycles. The van der Waals surface area contributed by atoms with Gasteiger partial charge in [0, 0.05) is 59.8 Å². The minimum Gasteiger partial charge on any atom is -0.369 e. The molecule has 1 saturated heterocycles. The second-order valence-corrected chi connectivity index (χ2v) is 7.58. The molecule has 106 valence electrons. The molecule has 0 aromatic carbocycles. The molecule has 1 fully saturated rings. The Morgan fingerprint density at radius 3 is 2.68 bits per heavy atom. The van der Waals surface area contributed by atoms with E-state index in [0.29, 0.717) is 16.5 Å². The van der Waals surface area contributed by atoms with Crippen molar-refractivity contribution < 1.29 is 0 Å². The van der Waals surface area contributed by atoms with Gasteiger partial charge in [-0.1, -0.05) is 27.7 Å². The maximum absolute atomic E-state index is 4.28. The summed E-state index contributed by atoms with van der Waals surface area (Å²) in [5, 5.41) is 4.89. The molecule has 0 spiro atoms. The van der Waals surface area contributed by atoms with Crippen molar-refractivity contribution in [2.75, 3.05) is 18.0 Å². The van der Waals surface area contributed by atoms with E-state index in [1.807, 2.05) is 12.4 Å².